The van der Waals surface area contributed by atoms with Crippen LogP contribution in [0.25, 0.3) is 10.9 Å². The first-order valence-electron chi connectivity index (χ1n) is 4.86. The minimum atomic E-state index is -0.768. The molecule has 1 aromatic heterocycles. The number of hydrogen-bond acceptors (Lipinski definition) is 1. The summed E-state index contributed by atoms with van der Waals surface area (Å²) in [7, 11) is 0. The van der Waals surface area contributed by atoms with Crippen molar-refractivity contribution in [1.82, 2.24) is 0 Å². The summed E-state index contributed by atoms with van der Waals surface area (Å²) in [5.41, 5.74) is 1.07. The molecule has 4 heteroatoms. The number of pyridine rings is 1. The lowest BCUT2D eigenvalue weighted by molar-refractivity contribution is -0.670. The average molecular weight is 282 g/mol. The molecule has 3 nitrogen and oxygen atoms in total. The molecule has 0 aliphatic heterocycles. The predicted octanol–water partition coefficient (Wildman–Crippen LogP) is -1.39. The lowest BCUT2D eigenvalue weighted by atomic mass is 10.2. The molecular weight excluding hydrogens is 270 g/mol. The van der Waals surface area contributed by atoms with E-state index in [1.807, 2.05) is 47.2 Å². The lowest BCUT2D eigenvalue weighted by Gasteiger charge is -1.98. The van der Waals surface area contributed by atoms with Crippen molar-refractivity contribution in [2.45, 2.75) is 13.0 Å². The predicted molar refractivity (Wildman–Crippen MR) is 56.4 cm³/mol. The lowest BCUT2D eigenvalue weighted by Crippen LogP contribution is -3.00. The Labute approximate surface area is 104 Å². The van der Waals surface area contributed by atoms with Crippen molar-refractivity contribution in [3.8, 4) is 0 Å². The fourth-order valence-electron chi connectivity index (χ4n) is 1.63. The fourth-order valence-corrected chi connectivity index (χ4v) is 1.63. The fraction of sp³-hybridized carbons (Fsp3) is 0.167. The van der Waals surface area contributed by atoms with Crippen molar-refractivity contribution in [3.05, 3.63) is 42.6 Å². The van der Waals surface area contributed by atoms with Gasteiger partial charge >= 0.3 is 5.97 Å². The number of fused-ring (bicyclic) bond motifs is 1. The average Bonchev–Trinajstić information content (AvgIpc) is 2.26. The summed E-state index contributed by atoms with van der Waals surface area (Å²) in [5, 5.41) is 9.76. The second-order valence-corrected chi connectivity index (χ2v) is 3.40. The van der Waals surface area contributed by atoms with Crippen molar-refractivity contribution in [2.75, 3.05) is 0 Å². The Morgan fingerprint density at radius 2 is 1.88 bits per heavy atom. The molecule has 0 amide bonds. The van der Waals surface area contributed by atoms with Crippen LogP contribution in [-0.2, 0) is 11.3 Å². The standard InChI is InChI=1S/C12H11NO2.BrH/c14-12(15)7-9-13-8-3-5-10-4-1-2-6-11(10)13;/h1-6,8H,7,9H2;1H. The highest BCUT2D eigenvalue weighted by Crippen LogP contribution is 2.07. The van der Waals surface area contributed by atoms with E-state index >= 15 is 0 Å². The van der Waals surface area contributed by atoms with Crippen LogP contribution in [0.1, 0.15) is 6.42 Å². The van der Waals surface area contributed by atoms with Gasteiger partial charge in [0.1, 0.15) is 6.42 Å². The van der Waals surface area contributed by atoms with Crippen molar-refractivity contribution in [2.24, 2.45) is 0 Å². The summed E-state index contributed by atoms with van der Waals surface area (Å²) in [4.78, 5) is 10.5. The number of carbonyl (C=O) groups is 1. The first-order valence-corrected chi connectivity index (χ1v) is 4.86. The molecule has 0 aliphatic rings. The number of rotatable bonds is 3. The van der Waals surface area contributed by atoms with Crippen LogP contribution in [-0.4, -0.2) is 11.1 Å². The van der Waals surface area contributed by atoms with Gasteiger partial charge in [0.05, 0.1) is 0 Å². The molecule has 0 spiro atoms. The van der Waals surface area contributed by atoms with Crippen molar-refractivity contribution >= 4 is 16.9 Å². The number of benzene rings is 1. The maximum atomic E-state index is 10.5. The molecule has 2 rings (SSSR count). The van der Waals surface area contributed by atoms with Gasteiger partial charge in [-0.05, 0) is 12.1 Å². The first-order chi connectivity index (χ1) is 7.27. The van der Waals surface area contributed by atoms with Gasteiger partial charge in [0.25, 0.3) is 0 Å². The second kappa shape index (κ2) is 5.61. The van der Waals surface area contributed by atoms with Gasteiger partial charge in [0.2, 0.25) is 5.52 Å². The molecule has 1 N–H and O–H groups in total. The highest BCUT2D eigenvalue weighted by atomic mass is 79.9. The molecule has 0 aliphatic carbocycles. The third-order valence-electron chi connectivity index (χ3n) is 2.35. The summed E-state index contributed by atoms with van der Waals surface area (Å²) in [6.45, 7) is 0.511. The van der Waals surface area contributed by atoms with E-state index in [-0.39, 0.29) is 23.4 Å². The Bertz CT molecular complexity index is 494. The molecule has 0 saturated heterocycles. The molecule has 2 aromatic rings. The van der Waals surface area contributed by atoms with Crippen molar-refractivity contribution < 1.29 is 31.4 Å². The molecule has 0 fully saturated rings. The number of nitrogens with zero attached hydrogens (tertiary/aromatic N) is 1. The number of carboxylic acid groups (broad SMARTS) is 1. The Morgan fingerprint density at radius 1 is 1.19 bits per heavy atom. The number of aromatic nitrogens is 1. The topological polar surface area (TPSA) is 41.2 Å². The molecule has 0 unspecified atom stereocenters. The van der Waals surface area contributed by atoms with E-state index in [2.05, 4.69) is 0 Å². The normalized spacial score (nSPS) is 9.75. The smallest absolute Gasteiger partial charge is 0.309 e. The van der Waals surface area contributed by atoms with E-state index in [9.17, 15) is 4.79 Å². The van der Waals surface area contributed by atoms with Crippen LogP contribution in [0.5, 0.6) is 0 Å². The number of aryl methyl sites for hydroxylation is 1. The summed E-state index contributed by atoms with van der Waals surface area (Å²) in [6, 6.07) is 11.9. The molecule has 0 saturated carbocycles. The van der Waals surface area contributed by atoms with E-state index in [0.717, 1.165) is 10.9 Å². The largest absolute Gasteiger partial charge is 1.00 e. The highest BCUT2D eigenvalue weighted by molar-refractivity contribution is 5.75. The Balaban J connectivity index is 0.00000128. The maximum Gasteiger partial charge on any atom is 0.309 e. The molecule has 16 heavy (non-hydrogen) atoms. The quantitative estimate of drug-likeness (QED) is 0.704. The van der Waals surface area contributed by atoms with Crippen molar-refractivity contribution in [3.63, 3.8) is 0 Å². The van der Waals surface area contributed by atoms with Crippen LogP contribution in [0.15, 0.2) is 42.6 Å². The molecule has 84 valence electrons. The van der Waals surface area contributed by atoms with Gasteiger partial charge in [-0.25, -0.2) is 0 Å². The number of aliphatic carboxylic acids is 1. The van der Waals surface area contributed by atoms with Gasteiger partial charge in [-0.1, -0.05) is 12.1 Å². The molecule has 0 bridgehead atoms. The first kappa shape index (κ1) is 12.6. The maximum absolute atomic E-state index is 10.5. The zero-order chi connectivity index (χ0) is 10.7. The van der Waals surface area contributed by atoms with Gasteiger partial charge in [0.15, 0.2) is 12.7 Å². The highest BCUT2D eigenvalue weighted by Gasteiger charge is 2.08. The van der Waals surface area contributed by atoms with E-state index in [4.69, 9.17) is 5.11 Å². The summed E-state index contributed by atoms with van der Waals surface area (Å²) in [6.07, 6.45) is 2.06. The zero-order valence-corrected chi connectivity index (χ0v) is 10.2. The summed E-state index contributed by atoms with van der Waals surface area (Å²) < 4.78 is 1.96. The van der Waals surface area contributed by atoms with Crippen molar-refractivity contribution in [1.29, 1.82) is 0 Å². The third kappa shape index (κ3) is 2.79. The van der Waals surface area contributed by atoms with Crippen LogP contribution in [0.4, 0.5) is 0 Å². The third-order valence-corrected chi connectivity index (χ3v) is 2.35. The number of carboxylic acids is 1. The molecule has 1 heterocycles. The number of halogens is 1. The molecule has 0 atom stereocenters. The van der Waals surface area contributed by atoms with Gasteiger partial charge in [-0.15, -0.1) is 0 Å². The summed E-state index contributed by atoms with van der Waals surface area (Å²) >= 11 is 0. The van der Waals surface area contributed by atoms with Crippen LogP contribution in [0, 0.1) is 0 Å². The minimum absolute atomic E-state index is 0. The molecule has 1 aromatic carbocycles. The van der Waals surface area contributed by atoms with Crippen LogP contribution < -0.4 is 21.5 Å². The Morgan fingerprint density at radius 3 is 2.62 bits per heavy atom. The van der Waals surface area contributed by atoms with E-state index in [1.165, 1.54) is 0 Å². The second-order valence-electron chi connectivity index (χ2n) is 3.40. The van der Waals surface area contributed by atoms with Crippen LogP contribution in [0.3, 0.4) is 0 Å². The Hall–Kier alpha value is -1.42. The molecular formula is C12H12BrNO2. The summed E-state index contributed by atoms with van der Waals surface area (Å²) in [5.74, 6) is -0.768. The van der Waals surface area contributed by atoms with E-state index in [1.54, 1.807) is 0 Å². The van der Waals surface area contributed by atoms with Crippen LogP contribution in [0.2, 0.25) is 0 Å². The number of hydrogen-bond donors (Lipinski definition) is 1. The van der Waals surface area contributed by atoms with Gasteiger partial charge in [-0.2, -0.15) is 4.57 Å². The Kier molecular flexibility index (Phi) is 4.43. The van der Waals surface area contributed by atoms with Crippen LogP contribution >= 0.6 is 0 Å². The SMILES string of the molecule is O=C(O)CC[n+]1cccc2ccccc21.[Br-]. The van der Waals surface area contributed by atoms with E-state index in [0.29, 0.717) is 6.54 Å². The van der Waals surface area contributed by atoms with Gasteiger partial charge in [-0.3, -0.25) is 4.79 Å². The van der Waals surface area contributed by atoms with Gasteiger partial charge < -0.3 is 22.1 Å². The van der Waals surface area contributed by atoms with Gasteiger partial charge in [0, 0.05) is 17.5 Å². The zero-order valence-electron chi connectivity index (χ0n) is 8.64. The number of para-hydroxylation sites is 1. The molecule has 0 radical (unpaired) electrons. The minimum Gasteiger partial charge on any atom is -1.00 e. The van der Waals surface area contributed by atoms with E-state index < -0.39 is 5.97 Å². The monoisotopic (exact) mass is 281 g/mol.